The van der Waals surface area contributed by atoms with Gasteiger partial charge in [0.2, 0.25) is 0 Å². The van der Waals surface area contributed by atoms with Crippen molar-refractivity contribution < 1.29 is 27.8 Å². The van der Waals surface area contributed by atoms with E-state index in [4.69, 9.17) is 22.1 Å². The minimum atomic E-state index is -2.87. The number of rotatable bonds is 8. The van der Waals surface area contributed by atoms with E-state index in [1.54, 1.807) is 12.1 Å². The number of nitrogens with one attached hydrogen (secondary N) is 1. The standard InChI is InChI=1S/C18H17ClF2N2O4/c19-12-3-6-14(15(22)9-12)17(25)26-10-16(24)23-8-7-11-1-4-13(5-2-11)27-18(20)21/h1-6,9,18H,7-8,10,22H2,(H,23,24). The number of anilines is 1. The minimum absolute atomic E-state index is 0.0613. The van der Waals surface area contributed by atoms with E-state index in [1.165, 1.54) is 30.3 Å². The third-order valence-electron chi connectivity index (χ3n) is 3.45. The van der Waals surface area contributed by atoms with E-state index < -0.39 is 25.1 Å². The van der Waals surface area contributed by atoms with E-state index in [9.17, 15) is 18.4 Å². The molecule has 3 N–H and O–H groups in total. The summed E-state index contributed by atoms with van der Waals surface area (Å²) in [6.07, 6.45) is 0.471. The Kier molecular flexibility index (Phi) is 7.36. The van der Waals surface area contributed by atoms with Gasteiger partial charge in [0.05, 0.1) is 5.56 Å². The highest BCUT2D eigenvalue weighted by Crippen LogP contribution is 2.18. The highest BCUT2D eigenvalue weighted by atomic mass is 35.5. The zero-order valence-electron chi connectivity index (χ0n) is 14.1. The normalized spacial score (nSPS) is 10.5. The molecule has 0 aromatic heterocycles. The van der Waals surface area contributed by atoms with Crippen molar-refractivity contribution >= 4 is 29.2 Å². The van der Waals surface area contributed by atoms with Crippen molar-refractivity contribution in [3.63, 3.8) is 0 Å². The molecule has 2 aromatic carbocycles. The minimum Gasteiger partial charge on any atom is -0.452 e. The van der Waals surface area contributed by atoms with Gasteiger partial charge in [-0.2, -0.15) is 8.78 Å². The largest absolute Gasteiger partial charge is 0.452 e. The molecule has 0 unspecified atom stereocenters. The van der Waals surface area contributed by atoms with Crippen LogP contribution in [0.15, 0.2) is 42.5 Å². The van der Waals surface area contributed by atoms with Gasteiger partial charge in [-0.3, -0.25) is 4.79 Å². The van der Waals surface area contributed by atoms with Crippen LogP contribution >= 0.6 is 11.6 Å². The summed E-state index contributed by atoms with van der Waals surface area (Å²) in [5.74, 6) is -1.14. The second kappa shape index (κ2) is 9.72. The number of hydrogen-bond acceptors (Lipinski definition) is 5. The first-order chi connectivity index (χ1) is 12.8. The molecule has 2 aromatic rings. The van der Waals surface area contributed by atoms with Crippen molar-refractivity contribution in [3.8, 4) is 5.75 Å². The van der Waals surface area contributed by atoms with Crippen molar-refractivity contribution in [2.45, 2.75) is 13.0 Å². The number of ether oxygens (including phenoxy) is 2. The van der Waals surface area contributed by atoms with Gasteiger partial charge in [0, 0.05) is 17.3 Å². The number of nitrogens with two attached hydrogens (primary N) is 1. The van der Waals surface area contributed by atoms with Gasteiger partial charge in [-0.1, -0.05) is 23.7 Å². The summed E-state index contributed by atoms with van der Waals surface area (Å²) >= 11 is 5.75. The molecule has 27 heavy (non-hydrogen) atoms. The molecule has 0 saturated carbocycles. The van der Waals surface area contributed by atoms with E-state index >= 15 is 0 Å². The fourth-order valence-corrected chi connectivity index (χ4v) is 2.34. The van der Waals surface area contributed by atoms with E-state index in [0.717, 1.165) is 5.56 Å². The Hall–Kier alpha value is -2.87. The summed E-state index contributed by atoms with van der Waals surface area (Å²) in [5, 5.41) is 2.97. The summed E-state index contributed by atoms with van der Waals surface area (Å²) < 4.78 is 33.3. The van der Waals surface area contributed by atoms with Crippen LogP contribution in [0.5, 0.6) is 5.75 Å². The summed E-state index contributed by atoms with van der Waals surface area (Å²) in [5.41, 5.74) is 6.78. The highest BCUT2D eigenvalue weighted by Gasteiger charge is 2.13. The first-order valence-corrected chi connectivity index (χ1v) is 8.25. The summed E-state index contributed by atoms with van der Waals surface area (Å²) in [6, 6.07) is 10.4. The molecule has 6 nitrogen and oxygen atoms in total. The van der Waals surface area contributed by atoms with E-state index in [2.05, 4.69) is 10.1 Å². The number of alkyl halides is 2. The molecule has 2 rings (SSSR count). The van der Waals surface area contributed by atoms with Crippen LogP contribution in [0.4, 0.5) is 14.5 Å². The Labute approximate surface area is 159 Å². The number of hydrogen-bond donors (Lipinski definition) is 2. The number of esters is 1. The molecule has 0 spiro atoms. The zero-order chi connectivity index (χ0) is 19.8. The summed E-state index contributed by atoms with van der Waals surface area (Å²) in [6.45, 7) is -3.04. The Morgan fingerprint density at radius 2 is 1.85 bits per heavy atom. The van der Waals surface area contributed by atoms with Crippen LogP contribution in [0.2, 0.25) is 5.02 Å². The Bertz CT molecular complexity index is 800. The Balaban J connectivity index is 1.72. The average molecular weight is 399 g/mol. The molecule has 9 heteroatoms. The average Bonchev–Trinajstić information content (AvgIpc) is 2.61. The molecule has 0 aliphatic carbocycles. The third kappa shape index (κ3) is 6.74. The van der Waals surface area contributed by atoms with Crippen LogP contribution in [0.1, 0.15) is 15.9 Å². The molecule has 0 aliphatic rings. The quantitative estimate of drug-likeness (QED) is 0.527. The fourth-order valence-electron chi connectivity index (χ4n) is 2.16. The highest BCUT2D eigenvalue weighted by molar-refractivity contribution is 6.31. The van der Waals surface area contributed by atoms with Crippen molar-refractivity contribution in [2.75, 3.05) is 18.9 Å². The van der Waals surface area contributed by atoms with Crippen molar-refractivity contribution in [1.82, 2.24) is 5.32 Å². The van der Waals surface area contributed by atoms with Gasteiger partial charge in [0.1, 0.15) is 5.75 Å². The van der Waals surface area contributed by atoms with Crippen molar-refractivity contribution in [3.05, 3.63) is 58.6 Å². The smallest absolute Gasteiger partial charge is 0.387 e. The van der Waals surface area contributed by atoms with Crippen LogP contribution in [-0.2, 0) is 16.0 Å². The second-order valence-corrected chi connectivity index (χ2v) is 5.87. The maximum absolute atomic E-state index is 12.1. The van der Waals surface area contributed by atoms with Crippen LogP contribution in [0.3, 0.4) is 0 Å². The zero-order valence-corrected chi connectivity index (χ0v) is 14.8. The maximum atomic E-state index is 12.1. The molecule has 0 aliphatic heterocycles. The van der Waals surface area contributed by atoms with E-state index in [1.807, 2.05) is 0 Å². The summed E-state index contributed by atoms with van der Waals surface area (Å²) in [7, 11) is 0. The maximum Gasteiger partial charge on any atom is 0.387 e. The topological polar surface area (TPSA) is 90.7 Å². The van der Waals surface area contributed by atoms with Crippen LogP contribution in [-0.4, -0.2) is 31.6 Å². The predicted molar refractivity (Wildman–Crippen MR) is 95.9 cm³/mol. The van der Waals surface area contributed by atoms with Gasteiger partial charge in [0.25, 0.3) is 5.91 Å². The van der Waals surface area contributed by atoms with Crippen molar-refractivity contribution in [1.29, 1.82) is 0 Å². The van der Waals surface area contributed by atoms with E-state index in [-0.39, 0.29) is 23.5 Å². The molecule has 0 bridgehead atoms. The molecule has 0 heterocycles. The van der Waals surface area contributed by atoms with Gasteiger partial charge in [-0.25, -0.2) is 4.79 Å². The molecule has 0 atom stereocenters. The fraction of sp³-hybridized carbons (Fsp3) is 0.222. The van der Waals surface area contributed by atoms with Gasteiger partial charge >= 0.3 is 12.6 Å². The lowest BCUT2D eigenvalue weighted by Gasteiger charge is -2.09. The number of carbonyl (C=O) groups is 2. The van der Waals surface area contributed by atoms with Crippen LogP contribution in [0.25, 0.3) is 0 Å². The molecular weight excluding hydrogens is 382 g/mol. The number of nitrogen functional groups attached to an aromatic ring is 1. The lowest BCUT2D eigenvalue weighted by Crippen LogP contribution is -2.30. The summed E-state index contributed by atoms with van der Waals surface area (Å²) in [4.78, 5) is 23.6. The number of halogens is 3. The number of benzene rings is 2. The first kappa shape index (κ1) is 20.4. The molecular formula is C18H17ClF2N2O4. The van der Waals surface area contributed by atoms with E-state index in [0.29, 0.717) is 11.4 Å². The molecule has 0 fully saturated rings. The second-order valence-electron chi connectivity index (χ2n) is 5.43. The first-order valence-electron chi connectivity index (χ1n) is 7.88. The van der Waals surface area contributed by atoms with Gasteiger partial charge in [-0.05, 0) is 42.3 Å². The molecule has 0 saturated heterocycles. The predicted octanol–water partition coefficient (Wildman–Crippen LogP) is 3.04. The van der Waals surface area contributed by atoms with Gasteiger partial charge in [0.15, 0.2) is 6.61 Å². The van der Waals surface area contributed by atoms with Crippen molar-refractivity contribution in [2.24, 2.45) is 0 Å². The number of carbonyl (C=O) groups excluding carboxylic acids is 2. The third-order valence-corrected chi connectivity index (χ3v) is 3.69. The lowest BCUT2D eigenvalue weighted by atomic mass is 10.1. The van der Waals surface area contributed by atoms with Crippen LogP contribution in [0, 0.1) is 0 Å². The monoisotopic (exact) mass is 398 g/mol. The SMILES string of the molecule is Nc1cc(Cl)ccc1C(=O)OCC(=O)NCCc1ccc(OC(F)F)cc1. The van der Waals surface area contributed by atoms with Crippen LogP contribution < -0.4 is 15.8 Å². The van der Waals surface area contributed by atoms with Gasteiger partial charge in [-0.15, -0.1) is 0 Å². The molecule has 144 valence electrons. The Morgan fingerprint density at radius 3 is 2.48 bits per heavy atom. The lowest BCUT2D eigenvalue weighted by molar-refractivity contribution is -0.124. The number of amides is 1. The molecule has 0 radical (unpaired) electrons. The van der Waals surface area contributed by atoms with Gasteiger partial charge < -0.3 is 20.5 Å². The molecule has 1 amide bonds. The Morgan fingerprint density at radius 1 is 1.15 bits per heavy atom.